The highest BCUT2D eigenvalue weighted by Crippen LogP contribution is 2.39. The summed E-state index contributed by atoms with van der Waals surface area (Å²) in [5.41, 5.74) is 3.94. The standard InChI is InChI=1S/C25H26N2O4/c1-17-3-7-20(8-4-17)23-15-24(25(30)13-11-22(12-14-25)31-18(2)29)26-27(23)21-9-5-19(16-28)6-10-21/h3-10,15-16,22,30H,11-14H2,1-2H3. The van der Waals surface area contributed by atoms with E-state index < -0.39 is 5.60 Å². The van der Waals surface area contributed by atoms with E-state index in [4.69, 9.17) is 9.84 Å². The van der Waals surface area contributed by atoms with Gasteiger partial charge in [0.2, 0.25) is 0 Å². The highest BCUT2D eigenvalue weighted by molar-refractivity contribution is 5.75. The maximum Gasteiger partial charge on any atom is 0.302 e. The monoisotopic (exact) mass is 418 g/mol. The van der Waals surface area contributed by atoms with Gasteiger partial charge in [0.25, 0.3) is 0 Å². The first-order chi connectivity index (χ1) is 14.9. The number of aryl methyl sites for hydroxylation is 1. The van der Waals surface area contributed by atoms with Crippen molar-refractivity contribution in [3.63, 3.8) is 0 Å². The molecule has 0 atom stereocenters. The normalized spacial score (nSPS) is 20.9. The van der Waals surface area contributed by atoms with E-state index in [9.17, 15) is 14.7 Å². The van der Waals surface area contributed by atoms with E-state index >= 15 is 0 Å². The van der Waals surface area contributed by atoms with E-state index in [0.29, 0.717) is 36.9 Å². The van der Waals surface area contributed by atoms with Crippen LogP contribution in [0.5, 0.6) is 0 Å². The summed E-state index contributed by atoms with van der Waals surface area (Å²) in [6.07, 6.45) is 2.78. The molecule has 0 aliphatic heterocycles. The fraction of sp³-hybridized carbons (Fsp3) is 0.320. The van der Waals surface area contributed by atoms with Gasteiger partial charge in [-0.25, -0.2) is 4.68 Å². The predicted octanol–water partition coefficient (Wildman–Crippen LogP) is 4.35. The van der Waals surface area contributed by atoms with E-state index in [2.05, 4.69) is 0 Å². The lowest BCUT2D eigenvalue weighted by molar-refractivity contribution is -0.151. The Bertz CT molecular complexity index is 1080. The quantitative estimate of drug-likeness (QED) is 0.492. The van der Waals surface area contributed by atoms with Gasteiger partial charge in [0.05, 0.1) is 17.1 Å². The maximum atomic E-state index is 11.4. The van der Waals surface area contributed by atoms with Crippen LogP contribution in [-0.4, -0.2) is 33.2 Å². The Kier molecular flexibility index (Phi) is 5.74. The summed E-state index contributed by atoms with van der Waals surface area (Å²) in [5.74, 6) is -0.292. The minimum atomic E-state index is -1.08. The average molecular weight is 418 g/mol. The van der Waals surface area contributed by atoms with E-state index in [0.717, 1.165) is 28.8 Å². The zero-order chi connectivity index (χ0) is 22.0. The Balaban J connectivity index is 1.71. The summed E-state index contributed by atoms with van der Waals surface area (Å²) in [6.45, 7) is 3.45. The van der Waals surface area contributed by atoms with Crippen LogP contribution in [0.15, 0.2) is 54.6 Å². The number of aromatic nitrogens is 2. The lowest BCUT2D eigenvalue weighted by Crippen LogP contribution is -2.35. The van der Waals surface area contributed by atoms with E-state index in [1.165, 1.54) is 6.92 Å². The number of rotatable bonds is 5. The molecule has 6 nitrogen and oxygen atoms in total. The van der Waals surface area contributed by atoms with Crippen LogP contribution in [0.4, 0.5) is 0 Å². The SMILES string of the molecule is CC(=O)OC1CCC(O)(c2cc(-c3ccc(C)cc3)n(-c3ccc(C=O)cc3)n2)CC1. The number of aldehydes is 1. The molecule has 160 valence electrons. The van der Waals surface area contributed by atoms with Gasteiger partial charge in [-0.1, -0.05) is 29.8 Å². The molecule has 1 fully saturated rings. The van der Waals surface area contributed by atoms with Crippen molar-refractivity contribution in [1.29, 1.82) is 0 Å². The molecule has 0 spiro atoms. The van der Waals surface area contributed by atoms with Gasteiger partial charge in [-0.05, 0) is 62.9 Å². The number of carbonyl (C=O) groups excluding carboxylic acids is 2. The first-order valence-corrected chi connectivity index (χ1v) is 10.5. The van der Waals surface area contributed by atoms with Crippen molar-refractivity contribution in [3.8, 4) is 16.9 Å². The number of hydrogen-bond acceptors (Lipinski definition) is 5. The Labute approximate surface area is 181 Å². The summed E-state index contributed by atoms with van der Waals surface area (Å²) in [5, 5.41) is 16.2. The molecule has 6 heteroatoms. The van der Waals surface area contributed by atoms with Crippen molar-refractivity contribution < 1.29 is 19.4 Å². The van der Waals surface area contributed by atoms with Crippen molar-refractivity contribution in [2.45, 2.75) is 51.2 Å². The van der Waals surface area contributed by atoms with Gasteiger partial charge >= 0.3 is 5.97 Å². The third-order valence-corrected chi connectivity index (χ3v) is 5.90. The Morgan fingerprint density at radius 1 is 1.13 bits per heavy atom. The summed E-state index contributed by atoms with van der Waals surface area (Å²) in [6, 6.07) is 17.3. The van der Waals surface area contributed by atoms with Crippen molar-refractivity contribution in [1.82, 2.24) is 9.78 Å². The van der Waals surface area contributed by atoms with Gasteiger partial charge in [-0.2, -0.15) is 5.10 Å². The third-order valence-electron chi connectivity index (χ3n) is 5.90. The molecule has 0 saturated heterocycles. The van der Waals surface area contributed by atoms with Gasteiger partial charge in [0, 0.05) is 18.1 Å². The number of esters is 1. The van der Waals surface area contributed by atoms with Gasteiger partial charge in [-0.15, -0.1) is 0 Å². The molecule has 0 bridgehead atoms. The molecule has 1 aliphatic rings. The van der Waals surface area contributed by atoms with Crippen molar-refractivity contribution in [3.05, 3.63) is 71.4 Å². The lowest BCUT2D eigenvalue weighted by atomic mass is 9.81. The zero-order valence-corrected chi connectivity index (χ0v) is 17.7. The summed E-state index contributed by atoms with van der Waals surface area (Å²) >= 11 is 0. The molecule has 1 N–H and O–H groups in total. The summed E-state index contributed by atoms with van der Waals surface area (Å²) in [7, 11) is 0. The molecule has 3 aromatic rings. The Morgan fingerprint density at radius 2 is 1.77 bits per heavy atom. The van der Waals surface area contributed by atoms with E-state index in [-0.39, 0.29) is 12.1 Å². The lowest BCUT2D eigenvalue weighted by Gasteiger charge is -2.34. The van der Waals surface area contributed by atoms with Crippen LogP contribution in [0.3, 0.4) is 0 Å². The van der Waals surface area contributed by atoms with E-state index in [1.807, 2.05) is 54.1 Å². The second-order valence-electron chi connectivity index (χ2n) is 8.24. The van der Waals surface area contributed by atoms with Gasteiger partial charge in [-0.3, -0.25) is 9.59 Å². The molecule has 31 heavy (non-hydrogen) atoms. The second kappa shape index (κ2) is 8.47. The van der Waals surface area contributed by atoms with Gasteiger partial charge in [0.15, 0.2) is 0 Å². The van der Waals surface area contributed by atoms with Crippen LogP contribution in [-0.2, 0) is 15.1 Å². The highest BCUT2D eigenvalue weighted by Gasteiger charge is 2.38. The topological polar surface area (TPSA) is 81.4 Å². The van der Waals surface area contributed by atoms with Crippen LogP contribution >= 0.6 is 0 Å². The van der Waals surface area contributed by atoms with Crippen molar-refractivity contribution >= 4 is 12.3 Å². The molecular formula is C25H26N2O4. The minimum absolute atomic E-state index is 0.160. The van der Waals surface area contributed by atoms with Crippen LogP contribution in [0.25, 0.3) is 16.9 Å². The molecule has 2 aromatic carbocycles. The second-order valence-corrected chi connectivity index (χ2v) is 8.24. The molecular weight excluding hydrogens is 392 g/mol. The van der Waals surface area contributed by atoms with Crippen LogP contribution in [0.1, 0.15) is 54.2 Å². The number of carbonyl (C=O) groups is 2. The Morgan fingerprint density at radius 3 is 2.35 bits per heavy atom. The number of benzene rings is 2. The molecule has 1 saturated carbocycles. The fourth-order valence-corrected chi connectivity index (χ4v) is 4.11. The van der Waals surface area contributed by atoms with Crippen LogP contribution in [0.2, 0.25) is 0 Å². The molecule has 0 radical (unpaired) electrons. The molecule has 1 aromatic heterocycles. The molecule has 1 heterocycles. The van der Waals surface area contributed by atoms with Crippen LogP contribution in [0, 0.1) is 6.92 Å². The smallest absolute Gasteiger partial charge is 0.302 e. The zero-order valence-electron chi connectivity index (χ0n) is 17.7. The average Bonchev–Trinajstić information content (AvgIpc) is 3.22. The molecule has 0 unspecified atom stereocenters. The minimum Gasteiger partial charge on any atom is -0.463 e. The van der Waals surface area contributed by atoms with Crippen molar-refractivity contribution in [2.75, 3.05) is 0 Å². The Hall–Kier alpha value is -3.25. The molecule has 0 amide bonds. The van der Waals surface area contributed by atoms with Gasteiger partial charge < -0.3 is 9.84 Å². The summed E-state index contributed by atoms with van der Waals surface area (Å²) < 4.78 is 7.13. The van der Waals surface area contributed by atoms with Gasteiger partial charge in [0.1, 0.15) is 18.0 Å². The fourth-order valence-electron chi connectivity index (χ4n) is 4.11. The molecule has 1 aliphatic carbocycles. The number of ether oxygens (including phenoxy) is 1. The number of nitrogens with zero attached hydrogens (tertiary/aromatic N) is 2. The first kappa shape index (κ1) is 21.0. The largest absolute Gasteiger partial charge is 0.463 e. The predicted molar refractivity (Wildman–Crippen MR) is 117 cm³/mol. The number of aliphatic hydroxyl groups is 1. The number of hydrogen-bond donors (Lipinski definition) is 1. The summed E-state index contributed by atoms with van der Waals surface area (Å²) in [4.78, 5) is 22.3. The van der Waals surface area contributed by atoms with E-state index in [1.54, 1.807) is 12.1 Å². The first-order valence-electron chi connectivity index (χ1n) is 10.5. The van der Waals surface area contributed by atoms with Crippen LogP contribution < -0.4 is 0 Å². The third kappa shape index (κ3) is 4.44. The maximum absolute atomic E-state index is 11.4. The highest BCUT2D eigenvalue weighted by atomic mass is 16.5. The van der Waals surface area contributed by atoms with Crippen molar-refractivity contribution in [2.24, 2.45) is 0 Å². The molecule has 4 rings (SSSR count).